The zero-order valence-electron chi connectivity index (χ0n) is 17.1. The Morgan fingerprint density at radius 3 is 2.40 bits per heavy atom. The van der Waals surface area contributed by atoms with Gasteiger partial charge in [0, 0.05) is 5.56 Å². The smallest absolute Gasteiger partial charge is 0.325 e. The number of carbonyl (C=O) groups is 2. The largest absolute Gasteiger partial charge is 0.468 e. The van der Waals surface area contributed by atoms with Gasteiger partial charge in [-0.05, 0) is 55.3 Å². The highest BCUT2D eigenvalue weighted by Gasteiger charge is 2.15. The molecule has 158 valence electrons. The number of carbonyl (C=O) groups excluding carboxylic acids is 2. The van der Waals surface area contributed by atoms with Crippen LogP contribution in [0.2, 0.25) is 0 Å². The summed E-state index contributed by atoms with van der Waals surface area (Å²) in [5.41, 5.74) is 3.12. The molecule has 9 heteroatoms. The number of ether oxygens (including phenoxy) is 1. The molecule has 0 saturated carbocycles. The SMILES string of the molecule is CCS(=O)(=O)c1ccc(C(=O)N=c2sc3c(C)cc(C)cc3n2CC(=O)OC)cc1. The quantitative estimate of drug-likeness (QED) is 0.562. The molecule has 0 N–H and O–H groups in total. The van der Waals surface area contributed by atoms with Gasteiger partial charge in [-0.2, -0.15) is 4.99 Å². The van der Waals surface area contributed by atoms with E-state index in [-0.39, 0.29) is 22.8 Å². The van der Waals surface area contributed by atoms with Crippen molar-refractivity contribution in [3.63, 3.8) is 0 Å². The molecule has 7 nitrogen and oxygen atoms in total. The lowest BCUT2D eigenvalue weighted by atomic mass is 10.1. The van der Waals surface area contributed by atoms with Gasteiger partial charge in [0.05, 0.1) is 28.0 Å². The molecule has 1 aromatic heterocycles. The Kier molecular flexibility index (Phi) is 6.23. The lowest BCUT2D eigenvalue weighted by molar-refractivity contribution is -0.141. The first kappa shape index (κ1) is 21.9. The number of esters is 1. The maximum absolute atomic E-state index is 12.7. The van der Waals surface area contributed by atoms with Crippen LogP contribution in [0.4, 0.5) is 0 Å². The standard InChI is InChI=1S/C21H22N2O5S2/c1-5-30(26,27)16-8-6-15(7-9-16)20(25)22-21-23(12-18(24)28-4)17-11-13(2)10-14(3)19(17)29-21/h6-11H,5,12H2,1-4H3. The molecule has 3 aromatic rings. The Morgan fingerprint density at radius 2 is 1.80 bits per heavy atom. The maximum atomic E-state index is 12.7. The zero-order valence-corrected chi connectivity index (χ0v) is 18.8. The Labute approximate surface area is 178 Å². The second-order valence-corrected chi connectivity index (χ2v) is 10.1. The van der Waals surface area contributed by atoms with Gasteiger partial charge in [-0.15, -0.1) is 0 Å². The summed E-state index contributed by atoms with van der Waals surface area (Å²) in [4.78, 5) is 29.4. The van der Waals surface area contributed by atoms with Crippen molar-refractivity contribution in [2.75, 3.05) is 12.9 Å². The zero-order chi connectivity index (χ0) is 22.1. The van der Waals surface area contributed by atoms with Gasteiger partial charge >= 0.3 is 5.97 Å². The number of methoxy groups -OCH3 is 1. The molecule has 0 atom stereocenters. The van der Waals surface area contributed by atoms with Crippen LogP contribution < -0.4 is 4.80 Å². The summed E-state index contributed by atoms with van der Waals surface area (Å²) in [6.45, 7) is 5.42. The summed E-state index contributed by atoms with van der Waals surface area (Å²) in [5, 5.41) is 0. The van der Waals surface area contributed by atoms with Gasteiger partial charge in [0.1, 0.15) is 6.54 Å². The van der Waals surface area contributed by atoms with Crippen molar-refractivity contribution in [2.45, 2.75) is 32.2 Å². The van der Waals surface area contributed by atoms with Crippen molar-refractivity contribution < 1.29 is 22.7 Å². The number of hydrogen-bond acceptors (Lipinski definition) is 6. The molecule has 2 aromatic carbocycles. The molecular formula is C21H22N2O5S2. The third-order valence-electron chi connectivity index (χ3n) is 4.67. The van der Waals surface area contributed by atoms with E-state index in [0.29, 0.717) is 4.80 Å². The van der Waals surface area contributed by atoms with Crippen LogP contribution in [0.15, 0.2) is 46.3 Å². The number of thiazole rings is 1. The Bertz CT molecular complexity index is 1300. The molecule has 0 saturated heterocycles. The van der Waals surface area contributed by atoms with E-state index in [0.717, 1.165) is 21.3 Å². The van der Waals surface area contributed by atoms with E-state index in [1.165, 1.54) is 42.7 Å². The average molecular weight is 447 g/mol. The van der Waals surface area contributed by atoms with Gasteiger partial charge in [-0.25, -0.2) is 8.42 Å². The molecule has 0 aliphatic rings. The first-order valence-corrected chi connectivity index (χ1v) is 11.7. The van der Waals surface area contributed by atoms with Crippen LogP contribution in [0.1, 0.15) is 28.4 Å². The van der Waals surface area contributed by atoms with Crippen LogP contribution in [0.3, 0.4) is 0 Å². The van der Waals surface area contributed by atoms with Crippen LogP contribution in [-0.2, 0) is 25.9 Å². The number of hydrogen-bond donors (Lipinski definition) is 0. The third-order valence-corrected chi connectivity index (χ3v) is 7.65. The molecule has 0 aliphatic carbocycles. The summed E-state index contributed by atoms with van der Waals surface area (Å²) >= 11 is 1.32. The maximum Gasteiger partial charge on any atom is 0.325 e. The number of rotatable bonds is 5. The van der Waals surface area contributed by atoms with Crippen molar-refractivity contribution in [3.05, 3.63) is 57.9 Å². The van der Waals surface area contributed by atoms with E-state index in [1.807, 2.05) is 26.0 Å². The monoisotopic (exact) mass is 446 g/mol. The van der Waals surface area contributed by atoms with Gasteiger partial charge < -0.3 is 9.30 Å². The molecule has 0 spiro atoms. The van der Waals surface area contributed by atoms with Gasteiger partial charge in [0.2, 0.25) is 0 Å². The minimum Gasteiger partial charge on any atom is -0.468 e. The molecule has 0 unspecified atom stereocenters. The molecule has 30 heavy (non-hydrogen) atoms. The first-order chi connectivity index (χ1) is 14.2. The first-order valence-electron chi connectivity index (χ1n) is 9.25. The number of aromatic nitrogens is 1. The van der Waals surface area contributed by atoms with E-state index in [9.17, 15) is 18.0 Å². The van der Waals surface area contributed by atoms with Crippen LogP contribution in [0.5, 0.6) is 0 Å². The summed E-state index contributed by atoms with van der Waals surface area (Å²) in [5.74, 6) is -0.981. The molecular weight excluding hydrogens is 424 g/mol. The Balaban J connectivity index is 2.10. The van der Waals surface area contributed by atoms with Crippen molar-refractivity contribution in [3.8, 4) is 0 Å². The molecule has 0 fully saturated rings. The van der Waals surface area contributed by atoms with E-state index in [1.54, 1.807) is 11.5 Å². The van der Waals surface area contributed by atoms with Crippen molar-refractivity contribution in [1.29, 1.82) is 0 Å². The van der Waals surface area contributed by atoms with Crippen LogP contribution in [0, 0.1) is 13.8 Å². The van der Waals surface area contributed by atoms with Crippen molar-refractivity contribution in [2.24, 2.45) is 4.99 Å². The molecule has 1 amide bonds. The van der Waals surface area contributed by atoms with Crippen molar-refractivity contribution in [1.82, 2.24) is 4.57 Å². The second kappa shape index (κ2) is 8.53. The Morgan fingerprint density at radius 1 is 1.13 bits per heavy atom. The Hall–Kier alpha value is -2.78. The topological polar surface area (TPSA) is 94.8 Å². The fourth-order valence-electron chi connectivity index (χ4n) is 3.07. The fraction of sp³-hybridized carbons (Fsp3) is 0.286. The van der Waals surface area contributed by atoms with Gasteiger partial charge in [-0.1, -0.05) is 24.3 Å². The lowest BCUT2D eigenvalue weighted by Gasteiger charge is -2.05. The minimum atomic E-state index is -3.34. The number of benzene rings is 2. The summed E-state index contributed by atoms with van der Waals surface area (Å²) in [6.07, 6.45) is 0. The van der Waals surface area contributed by atoms with Crippen LogP contribution in [0.25, 0.3) is 10.2 Å². The normalized spacial score (nSPS) is 12.3. The number of fused-ring (bicyclic) bond motifs is 1. The summed E-state index contributed by atoms with van der Waals surface area (Å²) in [6, 6.07) is 9.67. The van der Waals surface area contributed by atoms with E-state index in [4.69, 9.17) is 4.74 Å². The van der Waals surface area contributed by atoms with E-state index < -0.39 is 21.7 Å². The van der Waals surface area contributed by atoms with Gasteiger partial charge in [0.15, 0.2) is 14.6 Å². The third kappa shape index (κ3) is 4.36. The number of aryl methyl sites for hydroxylation is 2. The van der Waals surface area contributed by atoms with E-state index >= 15 is 0 Å². The van der Waals surface area contributed by atoms with Gasteiger partial charge in [-0.3, -0.25) is 9.59 Å². The van der Waals surface area contributed by atoms with Crippen LogP contribution in [-0.4, -0.2) is 37.7 Å². The molecule has 1 heterocycles. The minimum absolute atomic E-state index is 0.0151. The molecule has 0 aliphatic heterocycles. The molecule has 3 rings (SSSR count). The average Bonchev–Trinajstić information content (AvgIpc) is 3.05. The van der Waals surface area contributed by atoms with E-state index in [2.05, 4.69) is 4.99 Å². The number of sulfone groups is 1. The number of amides is 1. The highest BCUT2D eigenvalue weighted by Crippen LogP contribution is 2.23. The van der Waals surface area contributed by atoms with Crippen molar-refractivity contribution >= 4 is 43.3 Å². The number of nitrogens with zero attached hydrogens (tertiary/aromatic N) is 2. The van der Waals surface area contributed by atoms with Gasteiger partial charge in [0.25, 0.3) is 5.91 Å². The summed E-state index contributed by atoms with van der Waals surface area (Å²) < 4.78 is 31.3. The predicted molar refractivity (Wildman–Crippen MR) is 115 cm³/mol. The summed E-state index contributed by atoms with van der Waals surface area (Å²) in [7, 11) is -2.04. The predicted octanol–water partition coefficient (Wildman–Crippen LogP) is 3.03. The lowest BCUT2D eigenvalue weighted by Crippen LogP contribution is -2.22. The molecule has 0 bridgehead atoms. The van der Waals surface area contributed by atoms with Crippen LogP contribution >= 0.6 is 11.3 Å². The highest BCUT2D eigenvalue weighted by molar-refractivity contribution is 7.91. The highest BCUT2D eigenvalue weighted by atomic mass is 32.2. The fourth-order valence-corrected chi connectivity index (χ4v) is 5.03. The second-order valence-electron chi connectivity index (χ2n) is 6.82. The molecule has 0 radical (unpaired) electrons.